The molecule has 13 heavy (non-hydrogen) atoms. The molecule has 1 aliphatic heterocycles. The Morgan fingerprint density at radius 2 is 1.69 bits per heavy atom. The normalized spacial score (nSPS) is 24.7. The number of ether oxygens (including phenoxy) is 3. The standard InChI is InChI=1S/C8H18N2O3/c1-11-8(12-2,13-3)7-6-9-4-5-10-7/h7,9-10H,4-6H2,1-3H3. The van der Waals surface area contributed by atoms with Crippen LogP contribution in [0.3, 0.4) is 0 Å². The minimum atomic E-state index is -0.979. The predicted octanol–water partition coefficient (Wildman–Crippen LogP) is -0.859. The van der Waals surface area contributed by atoms with Gasteiger partial charge in [0.25, 0.3) is 5.97 Å². The molecule has 0 radical (unpaired) electrons. The molecule has 1 rings (SSSR count). The quantitative estimate of drug-likeness (QED) is 0.565. The molecule has 2 N–H and O–H groups in total. The van der Waals surface area contributed by atoms with Crippen LogP contribution in [0.15, 0.2) is 0 Å². The molecule has 0 aromatic rings. The van der Waals surface area contributed by atoms with Gasteiger partial charge in [-0.1, -0.05) is 0 Å². The third-order valence-corrected chi connectivity index (χ3v) is 2.32. The summed E-state index contributed by atoms with van der Waals surface area (Å²) in [6.07, 6.45) is 0. The van der Waals surface area contributed by atoms with Gasteiger partial charge in [0.15, 0.2) is 0 Å². The van der Waals surface area contributed by atoms with Gasteiger partial charge in [0, 0.05) is 41.0 Å². The first-order chi connectivity index (χ1) is 6.29. The summed E-state index contributed by atoms with van der Waals surface area (Å²) in [5, 5.41) is 6.52. The Balaban J connectivity index is 2.60. The lowest BCUT2D eigenvalue weighted by Crippen LogP contribution is -2.62. The zero-order valence-electron chi connectivity index (χ0n) is 8.42. The van der Waals surface area contributed by atoms with Crippen molar-refractivity contribution < 1.29 is 14.2 Å². The molecule has 5 nitrogen and oxygen atoms in total. The second-order valence-corrected chi connectivity index (χ2v) is 2.93. The summed E-state index contributed by atoms with van der Waals surface area (Å²) in [6.45, 7) is 2.63. The highest BCUT2D eigenvalue weighted by Gasteiger charge is 2.40. The van der Waals surface area contributed by atoms with Gasteiger partial charge in [-0.2, -0.15) is 0 Å². The summed E-state index contributed by atoms with van der Waals surface area (Å²) in [6, 6.07) is 0.0150. The van der Waals surface area contributed by atoms with Crippen molar-refractivity contribution in [1.29, 1.82) is 0 Å². The first-order valence-electron chi connectivity index (χ1n) is 4.38. The Morgan fingerprint density at radius 3 is 2.08 bits per heavy atom. The molecule has 0 aromatic heterocycles. The predicted molar refractivity (Wildman–Crippen MR) is 48.4 cm³/mol. The van der Waals surface area contributed by atoms with E-state index in [0.717, 1.165) is 19.6 Å². The summed E-state index contributed by atoms with van der Waals surface area (Å²) in [5.74, 6) is -0.979. The molecular formula is C8H18N2O3. The van der Waals surface area contributed by atoms with Crippen molar-refractivity contribution >= 4 is 0 Å². The van der Waals surface area contributed by atoms with Gasteiger partial charge >= 0.3 is 0 Å². The van der Waals surface area contributed by atoms with Crippen molar-refractivity contribution in [1.82, 2.24) is 10.6 Å². The van der Waals surface area contributed by atoms with Gasteiger partial charge in [0.05, 0.1) is 0 Å². The van der Waals surface area contributed by atoms with E-state index in [1.165, 1.54) is 0 Å². The summed E-state index contributed by atoms with van der Waals surface area (Å²) >= 11 is 0. The maximum Gasteiger partial charge on any atom is 0.299 e. The van der Waals surface area contributed by atoms with E-state index >= 15 is 0 Å². The number of piperazine rings is 1. The van der Waals surface area contributed by atoms with Gasteiger partial charge in [-0.05, 0) is 0 Å². The van der Waals surface area contributed by atoms with Crippen LogP contribution in [-0.2, 0) is 14.2 Å². The molecule has 1 atom stereocenters. The van der Waals surface area contributed by atoms with Crippen LogP contribution in [0.5, 0.6) is 0 Å². The van der Waals surface area contributed by atoms with Gasteiger partial charge in [0.2, 0.25) is 0 Å². The lowest BCUT2D eigenvalue weighted by atomic mass is 10.2. The average Bonchev–Trinajstić information content (AvgIpc) is 2.23. The highest BCUT2D eigenvalue weighted by Crippen LogP contribution is 2.17. The lowest BCUT2D eigenvalue weighted by Gasteiger charge is -2.38. The van der Waals surface area contributed by atoms with Crippen LogP contribution in [0, 0.1) is 0 Å². The average molecular weight is 190 g/mol. The SMILES string of the molecule is COC(OC)(OC)C1CNCCN1. The van der Waals surface area contributed by atoms with Crippen LogP contribution in [0.25, 0.3) is 0 Å². The van der Waals surface area contributed by atoms with E-state index in [1.54, 1.807) is 21.3 Å². The molecule has 0 aromatic carbocycles. The smallest absolute Gasteiger partial charge is 0.299 e. The molecule has 1 unspecified atom stereocenters. The van der Waals surface area contributed by atoms with E-state index in [-0.39, 0.29) is 6.04 Å². The van der Waals surface area contributed by atoms with E-state index in [2.05, 4.69) is 10.6 Å². The summed E-state index contributed by atoms with van der Waals surface area (Å²) in [7, 11) is 4.72. The highest BCUT2D eigenvalue weighted by molar-refractivity contribution is 4.83. The zero-order chi connectivity index (χ0) is 9.73. The van der Waals surface area contributed by atoms with E-state index in [1.807, 2.05) is 0 Å². The van der Waals surface area contributed by atoms with E-state index in [4.69, 9.17) is 14.2 Å². The van der Waals surface area contributed by atoms with Crippen molar-refractivity contribution in [3.8, 4) is 0 Å². The van der Waals surface area contributed by atoms with Crippen LogP contribution in [-0.4, -0.2) is 53.0 Å². The van der Waals surface area contributed by atoms with Crippen molar-refractivity contribution in [2.45, 2.75) is 12.0 Å². The Labute approximate surface area is 78.7 Å². The Kier molecular flexibility index (Phi) is 4.08. The summed E-state index contributed by atoms with van der Waals surface area (Å²) < 4.78 is 15.7. The molecule has 0 spiro atoms. The summed E-state index contributed by atoms with van der Waals surface area (Å²) in [4.78, 5) is 0. The molecule has 1 saturated heterocycles. The zero-order valence-corrected chi connectivity index (χ0v) is 8.42. The van der Waals surface area contributed by atoms with Crippen molar-refractivity contribution in [2.24, 2.45) is 0 Å². The first-order valence-corrected chi connectivity index (χ1v) is 4.38. The van der Waals surface area contributed by atoms with Crippen LogP contribution in [0.2, 0.25) is 0 Å². The number of rotatable bonds is 4. The van der Waals surface area contributed by atoms with Crippen molar-refractivity contribution in [3.63, 3.8) is 0 Å². The minimum Gasteiger partial charge on any atom is -0.330 e. The maximum absolute atomic E-state index is 5.23. The second-order valence-electron chi connectivity index (χ2n) is 2.93. The number of methoxy groups -OCH3 is 3. The van der Waals surface area contributed by atoms with E-state index in [0.29, 0.717) is 0 Å². The fraction of sp³-hybridized carbons (Fsp3) is 1.00. The number of hydrogen-bond donors (Lipinski definition) is 2. The second kappa shape index (κ2) is 4.88. The number of nitrogens with one attached hydrogen (secondary N) is 2. The van der Waals surface area contributed by atoms with Gasteiger partial charge in [-0.3, -0.25) is 0 Å². The van der Waals surface area contributed by atoms with Gasteiger partial charge in [-0.25, -0.2) is 0 Å². The van der Waals surface area contributed by atoms with E-state index in [9.17, 15) is 0 Å². The Hall–Kier alpha value is -0.200. The molecule has 0 bridgehead atoms. The molecule has 1 heterocycles. The van der Waals surface area contributed by atoms with Crippen LogP contribution in [0.4, 0.5) is 0 Å². The van der Waals surface area contributed by atoms with Crippen LogP contribution in [0.1, 0.15) is 0 Å². The molecule has 1 aliphatic rings. The summed E-state index contributed by atoms with van der Waals surface area (Å²) in [5.41, 5.74) is 0. The lowest BCUT2D eigenvalue weighted by molar-refractivity contribution is -0.365. The van der Waals surface area contributed by atoms with Crippen LogP contribution >= 0.6 is 0 Å². The molecular weight excluding hydrogens is 172 g/mol. The van der Waals surface area contributed by atoms with Gasteiger partial charge < -0.3 is 24.8 Å². The fourth-order valence-electron chi connectivity index (χ4n) is 1.58. The van der Waals surface area contributed by atoms with Gasteiger partial charge in [-0.15, -0.1) is 0 Å². The molecule has 0 aliphatic carbocycles. The van der Waals surface area contributed by atoms with E-state index < -0.39 is 5.97 Å². The van der Waals surface area contributed by atoms with Crippen molar-refractivity contribution in [2.75, 3.05) is 41.0 Å². The van der Waals surface area contributed by atoms with Gasteiger partial charge in [0.1, 0.15) is 6.04 Å². The third kappa shape index (κ3) is 2.18. The minimum absolute atomic E-state index is 0.0150. The molecule has 5 heteroatoms. The molecule has 1 fully saturated rings. The largest absolute Gasteiger partial charge is 0.330 e. The van der Waals surface area contributed by atoms with Crippen molar-refractivity contribution in [3.05, 3.63) is 0 Å². The monoisotopic (exact) mass is 190 g/mol. The first kappa shape index (κ1) is 10.9. The number of hydrogen-bond acceptors (Lipinski definition) is 5. The third-order valence-electron chi connectivity index (χ3n) is 2.32. The van der Waals surface area contributed by atoms with Crippen LogP contribution < -0.4 is 10.6 Å². The Morgan fingerprint density at radius 1 is 1.08 bits per heavy atom. The topological polar surface area (TPSA) is 51.8 Å². The molecule has 78 valence electrons. The molecule has 0 amide bonds. The fourth-order valence-corrected chi connectivity index (χ4v) is 1.58. The Bertz CT molecular complexity index is 136. The molecule has 0 saturated carbocycles. The highest BCUT2D eigenvalue weighted by atomic mass is 16.9. The maximum atomic E-state index is 5.23.